The number of carbonyl (C=O) groups excluding carboxylic acids is 1. The first-order chi connectivity index (χ1) is 18.4. The van der Waals surface area contributed by atoms with E-state index >= 15 is 0 Å². The van der Waals surface area contributed by atoms with Crippen molar-refractivity contribution in [2.24, 2.45) is 0 Å². The van der Waals surface area contributed by atoms with Crippen LogP contribution in [0.15, 0.2) is 60.2 Å². The molecule has 0 saturated carbocycles. The second-order valence-electron chi connectivity index (χ2n) is 11.5. The van der Waals surface area contributed by atoms with E-state index in [1.165, 1.54) is 5.56 Å². The van der Waals surface area contributed by atoms with Gasteiger partial charge < -0.3 is 10.2 Å². The zero-order valence-corrected chi connectivity index (χ0v) is 23.4. The number of aromatic nitrogens is 5. The van der Waals surface area contributed by atoms with Gasteiger partial charge in [0, 0.05) is 42.7 Å². The fraction of sp³-hybridized carbons (Fsp3) is 0.367. The Hall–Kier alpha value is -4.27. The molecular formula is C30H35N7O2. The number of hydrogen-bond acceptors (Lipinski definition) is 6. The molecule has 0 atom stereocenters. The summed E-state index contributed by atoms with van der Waals surface area (Å²) in [5, 5.41) is 3.75. The molecule has 9 heteroatoms. The summed E-state index contributed by atoms with van der Waals surface area (Å²) in [6, 6.07) is 10.00. The first-order valence-corrected chi connectivity index (χ1v) is 13.2. The van der Waals surface area contributed by atoms with Crippen molar-refractivity contribution >= 4 is 28.6 Å². The third-order valence-electron chi connectivity index (χ3n) is 7.41. The van der Waals surface area contributed by atoms with Gasteiger partial charge in [0.1, 0.15) is 5.39 Å². The summed E-state index contributed by atoms with van der Waals surface area (Å²) in [6.45, 7) is 16.9. The van der Waals surface area contributed by atoms with Gasteiger partial charge in [0.25, 0.3) is 5.56 Å². The number of nitrogens with one attached hydrogen (secondary N) is 1. The largest absolute Gasteiger partial charge is 0.333 e. The molecular weight excluding hydrogens is 490 g/mol. The number of anilines is 2. The van der Waals surface area contributed by atoms with Crippen molar-refractivity contribution in [2.45, 2.75) is 65.5 Å². The lowest BCUT2D eigenvalue weighted by molar-refractivity contribution is -0.135. The molecule has 0 bridgehead atoms. The van der Waals surface area contributed by atoms with E-state index in [1.54, 1.807) is 30.1 Å². The zero-order chi connectivity index (χ0) is 28.1. The molecule has 1 amide bonds. The molecule has 1 aliphatic heterocycles. The Morgan fingerprint density at radius 2 is 1.95 bits per heavy atom. The normalized spacial score (nSPS) is 14.8. The van der Waals surface area contributed by atoms with E-state index in [0.29, 0.717) is 30.1 Å². The van der Waals surface area contributed by atoms with Crippen molar-refractivity contribution in [1.82, 2.24) is 29.2 Å². The highest BCUT2D eigenvalue weighted by Gasteiger charge is 2.36. The molecule has 0 unspecified atom stereocenters. The van der Waals surface area contributed by atoms with Gasteiger partial charge in [-0.3, -0.25) is 14.6 Å². The number of pyridine rings is 1. The van der Waals surface area contributed by atoms with E-state index in [1.807, 2.05) is 27.8 Å². The van der Waals surface area contributed by atoms with Gasteiger partial charge in [0.05, 0.1) is 17.8 Å². The van der Waals surface area contributed by atoms with Crippen LogP contribution in [0.5, 0.6) is 0 Å². The monoisotopic (exact) mass is 525 g/mol. The number of nitrogens with zero attached hydrogens (tertiary/aromatic N) is 6. The predicted molar refractivity (Wildman–Crippen MR) is 154 cm³/mol. The van der Waals surface area contributed by atoms with Gasteiger partial charge in [-0.25, -0.2) is 14.3 Å². The third kappa shape index (κ3) is 4.62. The van der Waals surface area contributed by atoms with Crippen LogP contribution in [0.4, 0.5) is 11.6 Å². The Morgan fingerprint density at radius 3 is 2.64 bits per heavy atom. The maximum absolute atomic E-state index is 13.3. The highest BCUT2D eigenvalue weighted by molar-refractivity contribution is 5.78. The lowest BCUT2D eigenvalue weighted by Gasteiger charge is -2.43. The molecule has 1 N–H and O–H groups in total. The second-order valence-corrected chi connectivity index (χ2v) is 11.5. The minimum atomic E-state index is -0.381. The van der Waals surface area contributed by atoms with Gasteiger partial charge in [0.15, 0.2) is 5.65 Å². The minimum absolute atomic E-state index is 0.0767. The smallest absolute Gasteiger partial charge is 0.278 e. The number of carbonyl (C=O) groups is 1. The average molecular weight is 526 g/mol. The Morgan fingerprint density at radius 1 is 1.18 bits per heavy atom. The van der Waals surface area contributed by atoms with E-state index in [9.17, 15) is 9.59 Å². The maximum atomic E-state index is 13.3. The van der Waals surface area contributed by atoms with E-state index in [2.05, 4.69) is 68.6 Å². The molecule has 202 valence electrons. The lowest BCUT2D eigenvalue weighted by Crippen LogP contribution is -2.49. The van der Waals surface area contributed by atoms with Crippen molar-refractivity contribution in [3.05, 3.63) is 82.6 Å². The summed E-state index contributed by atoms with van der Waals surface area (Å²) >= 11 is 0. The van der Waals surface area contributed by atoms with E-state index in [4.69, 9.17) is 4.98 Å². The second kappa shape index (κ2) is 9.48. The molecule has 3 aromatic heterocycles. The molecule has 0 aliphatic carbocycles. The molecule has 1 aliphatic rings. The van der Waals surface area contributed by atoms with Crippen LogP contribution in [0.25, 0.3) is 16.7 Å². The summed E-state index contributed by atoms with van der Waals surface area (Å²) in [7, 11) is 0. The lowest BCUT2D eigenvalue weighted by atomic mass is 9.83. The SMILES string of the molecule is C=CCn1c(=O)c2cnc(Nc3ccc4c(c3)CCN(C(C)=O)C4(C)C)nc2n1-c1ccnc(C(C)(C)C)c1. The topological polar surface area (TPSA) is 97.9 Å². The maximum Gasteiger partial charge on any atom is 0.278 e. The van der Waals surface area contributed by atoms with Crippen LogP contribution >= 0.6 is 0 Å². The Bertz CT molecular complexity index is 1660. The van der Waals surface area contributed by atoms with Crippen molar-refractivity contribution in [2.75, 3.05) is 11.9 Å². The molecule has 0 radical (unpaired) electrons. The van der Waals surface area contributed by atoms with Crippen LogP contribution in [0.1, 0.15) is 58.4 Å². The Balaban J connectivity index is 1.57. The van der Waals surface area contributed by atoms with Crippen LogP contribution in [-0.4, -0.2) is 41.7 Å². The Kier molecular flexibility index (Phi) is 6.40. The van der Waals surface area contributed by atoms with E-state index in [0.717, 1.165) is 29.1 Å². The van der Waals surface area contributed by atoms with Gasteiger partial charge in [-0.2, -0.15) is 4.98 Å². The summed E-state index contributed by atoms with van der Waals surface area (Å²) in [4.78, 5) is 41.2. The van der Waals surface area contributed by atoms with Crippen molar-refractivity contribution in [3.63, 3.8) is 0 Å². The molecule has 1 aromatic carbocycles. The van der Waals surface area contributed by atoms with Crippen LogP contribution in [0.2, 0.25) is 0 Å². The number of allylic oxidation sites excluding steroid dienone is 1. The zero-order valence-electron chi connectivity index (χ0n) is 23.4. The number of amides is 1. The first kappa shape index (κ1) is 26.3. The van der Waals surface area contributed by atoms with Crippen LogP contribution in [0, 0.1) is 0 Å². The average Bonchev–Trinajstić information content (AvgIpc) is 3.14. The van der Waals surface area contributed by atoms with Gasteiger partial charge in [-0.05, 0) is 55.7 Å². The van der Waals surface area contributed by atoms with E-state index in [-0.39, 0.29) is 22.4 Å². The standard InChI is InChI=1S/C30H35N7O2/c1-8-14-36-27(39)23-18-32-28(34-26(23)37(36)22-11-13-31-25(17-22)29(3,4)5)33-21-9-10-24-20(16-21)12-15-35(19(2)38)30(24,6)7/h8-11,13,16-18H,1,12,14-15H2,2-7H3,(H,32,33,34). The summed E-state index contributed by atoms with van der Waals surface area (Å²) in [6.07, 6.45) is 5.79. The minimum Gasteiger partial charge on any atom is -0.333 e. The quantitative estimate of drug-likeness (QED) is 0.374. The van der Waals surface area contributed by atoms with Crippen LogP contribution in [-0.2, 0) is 28.7 Å². The predicted octanol–water partition coefficient (Wildman–Crippen LogP) is 4.84. The van der Waals surface area contributed by atoms with Crippen molar-refractivity contribution in [3.8, 4) is 5.69 Å². The van der Waals surface area contributed by atoms with Gasteiger partial charge >= 0.3 is 0 Å². The molecule has 4 heterocycles. The number of hydrogen-bond donors (Lipinski definition) is 1. The molecule has 4 aromatic rings. The number of benzene rings is 1. The van der Waals surface area contributed by atoms with Crippen molar-refractivity contribution in [1.29, 1.82) is 0 Å². The van der Waals surface area contributed by atoms with Gasteiger partial charge in [0.2, 0.25) is 11.9 Å². The Labute approximate surface area is 228 Å². The highest BCUT2D eigenvalue weighted by atomic mass is 16.2. The van der Waals surface area contributed by atoms with Crippen LogP contribution < -0.4 is 10.9 Å². The molecule has 39 heavy (non-hydrogen) atoms. The molecule has 9 nitrogen and oxygen atoms in total. The summed E-state index contributed by atoms with van der Waals surface area (Å²) in [5.74, 6) is 0.463. The molecule has 0 spiro atoms. The number of fused-ring (bicyclic) bond motifs is 2. The fourth-order valence-electron chi connectivity index (χ4n) is 5.41. The summed E-state index contributed by atoms with van der Waals surface area (Å²) in [5.41, 5.74) is 4.64. The molecule has 0 saturated heterocycles. The summed E-state index contributed by atoms with van der Waals surface area (Å²) < 4.78 is 3.43. The molecule has 0 fully saturated rings. The van der Waals surface area contributed by atoms with Crippen LogP contribution in [0.3, 0.4) is 0 Å². The number of rotatable bonds is 5. The first-order valence-electron chi connectivity index (χ1n) is 13.2. The van der Waals surface area contributed by atoms with Gasteiger partial charge in [-0.1, -0.05) is 32.9 Å². The van der Waals surface area contributed by atoms with Gasteiger partial charge in [-0.15, -0.1) is 6.58 Å². The fourth-order valence-corrected chi connectivity index (χ4v) is 5.41. The van der Waals surface area contributed by atoms with Crippen molar-refractivity contribution < 1.29 is 4.79 Å². The van der Waals surface area contributed by atoms with E-state index < -0.39 is 0 Å². The molecule has 5 rings (SSSR count). The highest BCUT2D eigenvalue weighted by Crippen LogP contribution is 2.36. The third-order valence-corrected chi connectivity index (χ3v) is 7.41.